The van der Waals surface area contributed by atoms with E-state index in [1.807, 2.05) is 24.3 Å². The van der Waals surface area contributed by atoms with Crippen LogP contribution >= 0.6 is 0 Å². The van der Waals surface area contributed by atoms with Crippen molar-refractivity contribution in [2.45, 2.75) is 26.7 Å². The van der Waals surface area contributed by atoms with Crippen molar-refractivity contribution in [3.63, 3.8) is 0 Å². The zero-order valence-electron chi connectivity index (χ0n) is 10.7. The number of ether oxygens (including phenoxy) is 1. The Morgan fingerprint density at radius 2 is 2.11 bits per heavy atom. The van der Waals surface area contributed by atoms with E-state index in [9.17, 15) is 9.59 Å². The zero-order chi connectivity index (χ0) is 13.4. The molecule has 0 saturated carbocycles. The Morgan fingerprint density at radius 3 is 2.78 bits per heavy atom. The predicted molar refractivity (Wildman–Crippen MR) is 69.0 cm³/mol. The van der Waals surface area contributed by atoms with E-state index in [2.05, 4.69) is 11.8 Å². The van der Waals surface area contributed by atoms with E-state index in [0.717, 1.165) is 11.1 Å². The van der Waals surface area contributed by atoms with Crippen molar-refractivity contribution < 1.29 is 14.3 Å². The molecule has 0 atom stereocenters. The summed E-state index contributed by atoms with van der Waals surface area (Å²) in [7, 11) is 0. The molecule has 0 aliphatic rings. The molecule has 1 rings (SSSR count). The molecule has 0 fully saturated rings. The van der Waals surface area contributed by atoms with Crippen LogP contribution in [0.4, 0.5) is 0 Å². The van der Waals surface area contributed by atoms with Gasteiger partial charge in [-0.05, 0) is 31.5 Å². The first-order chi connectivity index (χ1) is 8.61. The van der Waals surface area contributed by atoms with Gasteiger partial charge >= 0.3 is 5.97 Å². The molecule has 0 bridgehead atoms. The molecule has 0 radical (unpaired) electrons. The molecular weight excluding hydrogens is 228 g/mol. The standard InChI is InChI=1S/C15H16O3/c1-3-18-15(17)9-5-7-13-6-4-8-14(11-13)10-12(2)16/h4,6,8,11H,3,9-10H2,1-2H3. The number of carbonyl (C=O) groups excluding carboxylic acids is 2. The average Bonchev–Trinajstić information content (AvgIpc) is 2.29. The van der Waals surface area contributed by atoms with Gasteiger partial charge in [0.2, 0.25) is 0 Å². The number of Topliss-reactive ketones (excluding diaryl/α,β-unsaturated/α-hetero) is 1. The number of esters is 1. The monoisotopic (exact) mass is 244 g/mol. The van der Waals surface area contributed by atoms with Gasteiger partial charge in [-0.2, -0.15) is 0 Å². The van der Waals surface area contributed by atoms with Gasteiger partial charge in [0, 0.05) is 12.0 Å². The second kappa shape index (κ2) is 7.29. The van der Waals surface area contributed by atoms with Crippen LogP contribution in [0.2, 0.25) is 0 Å². The smallest absolute Gasteiger partial charge is 0.317 e. The lowest BCUT2D eigenvalue weighted by Crippen LogP contribution is -2.01. The molecule has 0 amide bonds. The van der Waals surface area contributed by atoms with Crippen molar-refractivity contribution in [2.75, 3.05) is 6.61 Å². The van der Waals surface area contributed by atoms with Crippen molar-refractivity contribution in [1.82, 2.24) is 0 Å². The minimum atomic E-state index is -0.315. The predicted octanol–water partition coefficient (Wildman–Crippen LogP) is 2.12. The van der Waals surface area contributed by atoms with E-state index in [-0.39, 0.29) is 18.2 Å². The molecule has 0 spiro atoms. The maximum Gasteiger partial charge on any atom is 0.317 e. The third kappa shape index (κ3) is 5.31. The van der Waals surface area contributed by atoms with Gasteiger partial charge in [-0.15, -0.1) is 0 Å². The minimum absolute atomic E-state index is 0.0881. The van der Waals surface area contributed by atoms with Crippen molar-refractivity contribution in [2.24, 2.45) is 0 Å². The van der Waals surface area contributed by atoms with Crippen LogP contribution in [0, 0.1) is 11.8 Å². The summed E-state index contributed by atoms with van der Waals surface area (Å²) in [5.41, 5.74) is 1.74. The fourth-order valence-electron chi connectivity index (χ4n) is 1.48. The first kappa shape index (κ1) is 14.0. The molecule has 0 aliphatic carbocycles. The third-order valence-electron chi connectivity index (χ3n) is 2.15. The van der Waals surface area contributed by atoms with E-state index in [0.29, 0.717) is 13.0 Å². The Hall–Kier alpha value is -2.08. The van der Waals surface area contributed by atoms with Gasteiger partial charge < -0.3 is 4.74 Å². The van der Waals surface area contributed by atoms with Crippen LogP contribution in [0.3, 0.4) is 0 Å². The van der Waals surface area contributed by atoms with Gasteiger partial charge in [-0.25, -0.2) is 0 Å². The van der Waals surface area contributed by atoms with Gasteiger partial charge in [-0.3, -0.25) is 9.59 Å². The van der Waals surface area contributed by atoms with Crippen LogP contribution in [0.5, 0.6) is 0 Å². The van der Waals surface area contributed by atoms with Crippen molar-refractivity contribution in [3.05, 3.63) is 35.4 Å². The maximum absolute atomic E-state index is 11.1. The zero-order valence-corrected chi connectivity index (χ0v) is 10.7. The van der Waals surface area contributed by atoms with Crippen LogP contribution in [-0.4, -0.2) is 18.4 Å². The highest BCUT2D eigenvalue weighted by Crippen LogP contribution is 2.05. The fraction of sp³-hybridized carbons (Fsp3) is 0.333. The highest BCUT2D eigenvalue weighted by Gasteiger charge is 1.98. The molecule has 3 nitrogen and oxygen atoms in total. The number of benzene rings is 1. The summed E-state index contributed by atoms with van der Waals surface area (Å²) in [5.74, 6) is 5.45. The second-order valence-corrected chi connectivity index (χ2v) is 3.86. The molecule has 3 heteroatoms. The molecule has 0 saturated heterocycles. The Labute approximate surface area is 107 Å². The van der Waals surface area contributed by atoms with E-state index >= 15 is 0 Å². The van der Waals surface area contributed by atoms with Crippen molar-refractivity contribution in [3.8, 4) is 11.8 Å². The summed E-state index contributed by atoms with van der Waals surface area (Å²) >= 11 is 0. The lowest BCUT2D eigenvalue weighted by Gasteiger charge is -1.98. The number of hydrogen-bond donors (Lipinski definition) is 0. The molecule has 0 aliphatic heterocycles. The Kier molecular flexibility index (Phi) is 5.66. The van der Waals surface area contributed by atoms with Gasteiger partial charge in [-0.1, -0.05) is 24.0 Å². The fourth-order valence-corrected chi connectivity index (χ4v) is 1.48. The van der Waals surface area contributed by atoms with Crippen molar-refractivity contribution in [1.29, 1.82) is 0 Å². The summed E-state index contributed by atoms with van der Waals surface area (Å²) in [6.07, 6.45) is 0.498. The summed E-state index contributed by atoms with van der Waals surface area (Å²) in [5, 5.41) is 0. The molecule has 0 aromatic heterocycles. The van der Waals surface area contributed by atoms with Gasteiger partial charge in [0.05, 0.1) is 6.61 Å². The normalized spacial score (nSPS) is 9.22. The van der Waals surface area contributed by atoms with Crippen LogP contribution in [0.15, 0.2) is 24.3 Å². The SMILES string of the molecule is CCOC(=O)CC#Cc1cccc(CC(C)=O)c1. The molecule has 1 aromatic carbocycles. The number of carbonyl (C=O) groups is 2. The molecule has 0 heterocycles. The van der Waals surface area contributed by atoms with Crippen molar-refractivity contribution >= 4 is 11.8 Å². The van der Waals surface area contributed by atoms with E-state index in [1.165, 1.54) is 0 Å². The third-order valence-corrected chi connectivity index (χ3v) is 2.15. The number of rotatable bonds is 4. The second-order valence-electron chi connectivity index (χ2n) is 3.86. The Morgan fingerprint density at radius 1 is 1.33 bits per heavy atom. The first-order valence-corrected chi connectivity index (χ1v) is 5.84. The molecule has 0 N–H and O–H groups in total. The van der Waals surface area contributed by atoms with E-state index < -0.39 is 0 Å². The van der Waals surface area contributed by atoms with Crippen LogP contribution in [-0.2, 0) is 20.7 Å². The quantitative estimate of drug-likeness (QED) is 0.602. The summed E-state index contributed by atoms with van der Waals surface area (Å²) in [6, 6.07) is 7.45. The number of ketones is 1. The van der Waals surface area contributed by atoms with Crippen LogP contribution in [0.25, 0.3) is 0 Å². The highest BCUT2D eigenvalue weighted by molar-refractivity contribution is 5.78. The lowest BCUT2D eigenvalue weighted by atomic mass is 10.1. The van der Waals surface area contributed by atoms with Gasteiger partial charge in [0.1, 0.15) is 12.2 Å². The molecule has 1 aromatic rings. The van der Waals surface area contributed by atoms with Gasteiger partial charge in [0.15, 0.2) is 0 Å². The molecule has 0 unspecified atom stereocenters. The van der Waals surface area contributed by atoms with E-state index in [1.54, 1.807) is 13.8 Å². The molecule has 94 valence electrons. The minimum Gasteiger partial charge on any atom is -0.465 e. The lowest BCUT2D eigenvalue weighted by molar-refractivity contribution is -0.141. The number of hydrogen-bond acceptors (Lipinski definition) is 3. The summed E-state index contributed by atoms with van der Waals surface area (Å²) in [4.78, 5) is 22.1. The maximum atomic E-state index is 11.1. The molecule has 18 heavy (non-hydrogen) atoms. The average molecular weight is 244 g/mol. The van der Waals surface area contributed by atoms with Crippen LogP contribution in [0.1, 0.15) is 31.4 Å². The largest absolute Gasteiger partial charge is 0.465 e. The molecular formula is C15H16O3. The summed E-state index contributed by atoms with van der Waals surface area (Å²) in [6.45, 7) is 3.68. The van der Waals surface area contributed by atoms with E-state index in [4.69, 9.17) is 4.74 Å². The summed E-state index contributed by atoms with van der Waals surface area (Å²) < 4.78 is 4.77. The Bertz CT molecular complexity index is 492. The Balaban J connectivity index is 2.64. The van der Waals surface area contributed by atoms with Crippen LogP contribution < -0.4 is 0 Å². The topological polar surface area (TPSA) is 43.4 Å². The first-order valence-electron chi connectivity index (χ1n) is 5.84. The van der Waals surface area contributed by atoms with Gasteiger partial charge in [0.25, 0.3) is 0 Å². The highest BCUT2D eigenvalue weighted by atomic mass is 16.5.